The first-order valence-corrected chi connectivity index (χ1v) is 7.90. The van der Waals surface area contributed by atoms with E-state index in [9.17, 15) is 9.59 Å². The number of rotatable bonds is 4. The molecule has 1 aliphatic rings. The molecule has 0 saturated heterocycles. The highest BCUT2D eigenvalue weighted by Crippen LogP contribution is 2.30. The van der Waals surface area contributed by atoms with Crippen LogP contribution < -0.4 is 20.1 Å². The Labute approximate surface area is 136 Å². The molecule has 0 spiro atoms. The molecule has 23 heavy (non-hydrogen) atoms. The lowest BCUT2D eigenvalue weighted by Gasteiger charge is -2.26. The molecule has 120 valence electrons. The molecule has 2 amide bonds. The molecular formula is C15H15N3O4S. The number of amides is 2. The van der Waals surface area contributed by atoms with Crippen molar-refractivity contribution < 1.29 is 19.1 Å². The normalized spacial score (nSPS) is 17.2. The Balaban J connectivity index is 1.56. The molecule has 0 fully saturated rings. The molecule has 1 unspecified atom stereocenters. The summed E-state index contributed by atoms with van der Waals surface area (Å²) >= 11 is 1.31. The molecule has 2 N–H and O–H groups in total. The van der Waals surface area contributed by atoms with Crippen molar-refractivity contribution in [1.29, 1.82) is 0 Å². The molecule has 0 aliphatic carbocycles. The number of thiazole rings is 1. The second kappa shape index (κ2) is 6.66. The summed E-state index contributed by atoms with van der Waals surface area (Å²) in [5, 5.41) is 7.48. The van der Waals surface area contributed by atoms with Gasteiger partial charge in [0.1, 0.15) is 12.6 Å². The molecule has 0 saturated carbocycles. The van der Waals surface area contributed by atoms with E-state index in [1.165, 1.54) is 11.3 Å². The second-order valence-electron chi connectivity index (χ2n) is 4.92. The first-order chi connectivity index (χ1) is 11.1. The Morgan fingerprint density at radius 3 is 2.87 bits per heavy atom. The summed E-state index contributed by atoms with van der Waals surface area (Å²) in [5.41, 5.74) is 0. The largest absolute Gasteiger partial charge is 0.485 e. The van der Waals surface area contributed by atoms with Crippen molar-refractivity contribution in [3.8, 4) is 11.5 Å². The van der Waals surface area contributed by atoms with Crippen molar-refractivity contribution >= 4 is 28.3 Å². The van der Waals surface area contributed by atoms with E-state index in [1.54, 1.807) is 36.7 Å². The molecule has 8 heteroatoms. The van der Waals surface area contributed by atoms with Crippen molar-refractivity contribution in [2.24, 2.45) is 0 Å². The standard InChI is InChI=1S/C15H15N3O4S/c1-9(13(19)18-15-16-6-7-23-15)17-14(20)12-8-21-10-4-2-3-5-11(10)22-12/h2-7,9,12H,8H2,1H3,(H,17,20)(H,16,18,19)/t9-,12?/m0/s1. The zero-order valence-electron chi connectivity index (χ0n) is 12.3. The minimum Gasteiger partial charge on any atom is -0.485 e. The van der Waals surface area contributed by atoms with Crippen LogP contribution in [-0.4, -0.2) is 35.6 Å². The van der Waals surface area contributed by atoms with Gasteiger partial charge in [-0.1, -0.05) is 12.1 Å². The van der Waals surface area contributed by atoms with Crippen LogP contribution in [0.1, 0.15) is 6.92 Å². The van der Waals surface area contributed by atoms with Gasteiger partial charge in [-0.25, -0.2) is 4.98 Å². The number of hydrogen-bond acceptors (Lipinski definition) is 6. The summed E-state index contributed by atoms with van der Waals surface area (Å²) in [6, 6.07) is 6.41. The quantitative estimate of drug-likeness (QED) is 0.883. The Kier molecular flexibility index (Phi) is 4.42. The maximum absolute atomic E-state index is 12.2. The molecular weight excluding hydrogens is 318 g/mol. The molecule has 0 bridgehead atoms. The van der Waals surface area contributed by atoms with Gasteiger partial charge in [0.15, 0.2) is 16.6 Å². The van der Waals surface area contributed by atoms with Gasteiger partial charge in [-0.15, -0.1) is 11.3 Å². The fourth-order valence-electron chi connectivity index (χ4n) is 2.02. The number of nitrogens with zero attached hydrogens (tertiary/aromatic N) is 1. The highest BCUT2D eigenvalue weighted by Gasteiger charge is 2.29. The first-order valence-electron chi connectivity index (χ1n) is 7.02. The van der Waals surface area contributed by atoms with Crippen LogP contribution in [0, 0.1) is 0 Å². The fourth-order valence-corrected chi connectivity index (χ4v) is 2.55. The van der Waals surface area contributed by atoms with E-state index in [0.717, 1.165) is 0 Å². The minimum absolute atomic E-state index is 0.101. The third-order valence-electron chi connectivity index (χ3n) is 3.22. The number of aromatic nitrogens is 1. The zero-order valence-corrected chi connectivity index (χ0v) is 13.1. The van der Waals surface area contributed by atoms with Crippen LogP contribution in [0.5, 0.6) is 11.5 Å². The van der Waals surface area contributed by atoms with Crippen LogP contribution in [0.25, 0.3) is 0 Å². The summed E-state index contributed by atoms with van der Waals surface area (Å²) < 4.78 is 11.1. The van der Waals surface area contributed by atoms with Crippen LogP contribution in [0.15, 0.2) is 35.8 Å². The number of benzene rings is 1. The first kappa shape index (κ1) is 15.3. The molecule has 0 radical (unpaired) electrons. The molecule has 2 heterocycles. The lowest BCUT2D eigenvalue weighted by molar-refractivity contribution is -0.133. The number of carbonyl (C=O) groups is 2. The van der Waals surface area contributed by atoms with E-state index in [2.05, 4.69) is 15.6 Å². The van der Waals surface area contributed by atoms with E-state index >= 15 is 0 Å². The van der Waals surface area contributed by atoms with E-state index in [4.69, 9.17) is 9.47 Å². The number of para-hydroxylation sites is 2. The monoisotopic (exact) mass is 333 g/mol. The Bertz CT molecular complexity index is 705. The summed E-state index contributed by atoms with van der Waals surface area (Å²) in [6.07, 6.45) is 0.800. The van der Waals surface area contributed by atoms with Gasteiger partial charge in [0.25, 0.3) is 5.91 Å². The van der Waals surface area contributed by atoms with Gasteiger partial charge in [-0.05, 0) is 19.1 Å². The van der Waals surface area contributed by atoms with Gasteiger partial charge in [0.05, 0.1) is 0 Å². The average Bonchev–Trinajstić information content (AvgIpc) is 3.07. The van der Waals surface area contributed by atoms with Gasteiger partial charge < -0.3 is 20.1 Å². The van der Waals surface area contributed by atoms with Crippen molar-refractivity contribution in [3.05, 3.63) is 35.8 Å². The predicted octanol–water partition coefficient (Wildman–Crippen LogP) is 1.43. The van der Waals surface area contributed by atoms with Crippen molar-refractivity contribution in [3.63, 3.8) is 0 Å². The van der Waals surface area contributed by atoms with E-state index in [0.29, 0.717) is 16.6 Å². The summed E-state index contributed by atoms with van der Waals surface area (Å²) in [7, 11) is 0. The smallest absolute Gasteiger partial charge is 0.265 e. The maximum atomic E-state index is 12.2. The molecule has 2 aromatic rings. The number of nitrogens with one attached hydrogen (secondary N) is 2. The molecule has 1 aromatic heterocycles. The molecule has 3 rings (SSSR count). The van der Waals surface area contributed by atoms with Crippen molar-refractivity contribution in [2.45, 2.75) is 19.1 Å². The van der Waals surface area contributed by atoms with E-state index in [-0.39, 0.29) is 12.5 Å². The van der Waals surface area contributed by atoms with Gasteiger partial charge in [-0.3, -0.25) is 9.59 Å². The van der Waals surface area contributed by atoms with Gasteiger partial charge in [0, 0.05) is 11.6 Å². The van der Waals surface area contributed by atoms with E-state index in [1.807, 2.05) is 6.07 Å². The highest BCUT2D eigenvalue weighted by molar-refractivity contribution is 7.13. The topological polar surface area (TPSA) is 89.5 Å². The summed E-state index contributed by atoms with van der Waals surface area (Å²) in [4.78, 5) is 28.2. The molecule has 1 aliphatic heterocycles. The van der Waals surface area contributed by atoms with Crippen LogP contribution in [0.3, 0.4) is 0 Å². The minimum atomic E-state index is -0.792. The lowest BCUT2D eigenvalue weighted by atomic mass is 10.2. The van der Waals surface area contributed by atoms with Crippen LogP contribution >= 0.6 is 11.3 Å². The fraction of sp³-hybridized carbons (Fsp3) is 0.267. The summed E-state index contributed by atoms with van der Waals surface area (Å²) in [6.45, 7) is 1.70. The van der Waals surface area contributed by atoms with Crippen LogP contribution in [0.4, 0.5) is 5.13 Å². The number of fused-ring (bicyclic) bond motifs is 1. The number of anilines is 1. The third-order valence-corrected chi connectivity index (χ3v) is 3.90. The second-order valence-corrected chi connectivity index (χ2v) is 5.82. The maximum Gasteiger partial charge on any atom is 0.265 e. The van der Waals surface area contributed by atoms with Crippen LogP contribution in [0.2, 0.25) is 0 Å². The third kappa shape index (κ3) is 3.59. The molecule has 2 atom stereocenters. The zero-order chi connectivity index (χ0) is 16.2. The van der Waals surface area contributed by atoms with Gasteiger partial charge in [0.2, 0.25) is 12.0 Å². The summed E-state index contributed by atoms with van der Waals surface area (Å²) in [5.74, 6) is 0.372. The van der Waals surface area contributed by atoms with Gasteiger partial charge >= 0.3 is 0 Å². The number of hydrogen-bond donors (Lipinski definition) is 2. The molecule has 1 aromatic carbocycles. The van der Waals surface area contributed by atoms with Crippen molar-refractivity contribution in [1.82, 2.24) is 10.3 Å². The van der Waals surface area contributed by atoms with E-state index < -0.39 is 18.1 Å². The Morgan fingerprint density at radius 1 is 1.35 bits per heavy atom. The Morgan fingerprint density at radius 2 is 2.13 bits per heavy atom. The predicted molar refractivity (Wildman–Crippen MR) is 84.7 cm³/mol. The number of carbonyl (C=O) groups excluding carboxylic acids is 2. The van der Waals surface area contributed by atoms with Gasteiger partial charge in [-0.2, -0.15) is 0 Å². The molecule has 7 nitrogen and oxygen atoms in total. The van der Waals surface area contributed by atoms with Crippen molar-refractivity contribution in [2.75, 3.05) is 11.9 Å². The SMILES string of the molecule is C[C@H](NC(=O)C1COc2ccccc2O1)C(=O)Nc1nccs1. The Hall–Kier alpha value is -2.61. The lowest BCUT2D eigenvalue weighted by Crippen LogP contribution is -2.50. The highest BCUT2D eigenvalue weighted by atomic mass is 32.1. The van der Waals surface area contributed by atoms with Crippen LogP contribution in [-0.2, 0) is 9.59 Å². The average molecular weight is 333 g/mol. The number of ether oxygens (including phenoxy) is 2.